The van der Waals surface area contributed by atoms with Gasteiger partial charge in [0.15, 0.2) is 0 Å². The molecule has 2 amide bonds. The Morgan fingerprint density at radius 1 is 1.14 bits per heavy atom. The Labute approximate surface area is 122 Å². The Morgan fingerprint density at radius 3 is 2.71 bits per heavy atom. The minimum Gasteiger partial charge on any atom is -0.367 e. The molecule has 0 atom stereocenters. The number of hydrogen-bond donors (Lipinski definition) is 1. The lowest BCUT2D eigenvalue weighted by molar-refractivity contribution is 0.0664. The third-order valence-corrected chi connectivity index (χ3v) is 3.55. The lowest BCUT2D eigenvalue weighted by Gasteiger charge is -2.17. The Hall–Kier alpha value is -2.69. The number of aryl methyl sites for hydroxylation is 2. The summed E-state index contributed by atoms with van der Waals surface area (Å²) in [6.07, 6.45) is 1.52. The van der Waals surface area contributed by atoms with Gasteiger partial charge in [0.05, 0.1) is 12.2 Å². The predicted octanol–water partition coefficient (Wildman–Crippen LogP) is 2.36. The molecular formula is C16H15N3O2. The Balaban J connectivity index is 1.80. The number of benzene rings is 1. The number of anilines is 1. The van der Waals surface area contributed by atoms with Crippen LogP contribution in [0.2, 0.25) is 0 Å². The van der Waals surface area contributed by atoms with Gasteiger partial charge in [0.1, 0.15) is 5.69 Å². The van der Waals surface area contributed by atoms with E-state index in [1.807, 2.05) is 32.0 Å². The summed E-state index contributed by atoms with van der Waals surface area (Å²) in [6.45, 7) is 4.11. The van der Waals surface area contributed by atoms with Crippen molar-refractivity contribution in [2.45, 2.75) is 13.8 Å². The SMILES string of the molecule is Cc1ccc(C)c(NCN2C(=O)c3cccnc3C2=O)c1. The van der Waals surface area contributed by atoms with Gasteiger partial charge in [0.2, 0.25) is 0 Å². The first-order valence-electron chi connectivity index (χ1n) is 6.70. The van der Waals surface area contributed by atoms with Gasteiger partial charge in [-0.15, -0.1) is 0 Å². The smallest absolute Gasteiger partial charge is 0.281 e. The molecule has 1 aromatic heterocycles. The molecule has 0 unspecified atom stereocenters. The summed E-state index contributed by atoms with van der Waals surface area (Å²) in [6, 6.07) is 9.30. The molecule has 2 heterocycles. The maximum Gasteiger partial charge on any atom is 0.281 e. The van der Waals surface area contributed by atoms with Gasteiger partial charge in [-0.25, -0.2) is 0 Å². The van der Waals surface area contributed by atoms with Crippen LogP contribution < -0.4 is 5.32 Å². The number of rotatable bonds is 3. The number of pyridine rings is 1. The first kappa shape index (κ1) is 13.3. The molecule has 1 aromatic carbocycles. The second-order valence-electron chi connectivity index (χ2n) is 5.09. The van der Waals surface area contributed by atoms with Gasteiger partial charge in [-0.3, -0.25) is 19.5 Å². The van der Waals surface area contributed by atoms with E-state index < -0.39 is 0 Å². The lowest BCUT2D eigenvalue weighted by Crippen LogP contribution is -2.34. The first-order valence-corrected chi connectivity index (χ1v) is 6.70. The van der Waals surface area contributed by atoms with Crippen LogP contribution in [0.4, 0.5) is 5.69 Å². The molecule has 2 aromatic rings. The molecule has 21 heavy (non-hydrogen) atoms. The van der Waals surface area contributed by atoms with Gasteiger partial charge in [0, 0.05) is 11.9 Å². The molecule has 1 aliphatic heterocycles. The van der Waals surface area contributed by atoms with E-state index in [0.717, 1.165) is 16.8 Å². The van der Waals surface area contributed by atoms with Crippen molar-refractivity contribution in [3.63, 3.8) is 0 Å². The van der Waals surface area contributed by atoms with Crippen molar-refractivity contribution in [3.05, 3.63) is 58.9 Å². The van der Waals surface area contributed by atoms with E-state index >= 15 is 0 Å². The molecule has 5 nitrogen and oxygen atoms in total. The van der Waals surface area contributed by atoms with Gasteiger partial charge in [-0.2, -0.15) is 0 Å². The highest BCUT2D eigenvalue weighted by atomic mass is 16.2. The lowest BCUT2D eigenvalue weighted by atomic mass is 10.1. The quantitative estimate of drug-likeness (QED) is 0.877. The average Bonchev–Trinajstić information content (AvgIpc) is 2.73. The second-order valence-corrected chi connectivity index (χ2v) is 5.09. The minimum atomic E-state index is -0.353. The third kappa shape index (κ3) is 2.27. The Morgan fingerprint density at radius 2 is 1.95 bits per heavy atom. The molecule has 3 rings (SSSR count). The zero-order valence-electron chi connectivity index (χ0n) is 11.9. The summed E-state index contributed by atoms with van der Waals surface area (Å²) in [5.74, 6) is -0.658. The molecular weight excluding hydrogens is 266 g/mol. The predicted molar refractivity (Wildman–Crippen MR) is 79.1 cm³/mol. The van der Waals surface area contributed by atoms with E-state index in [4.69, 9.17) is 0 Å². The summed E-state index contributed by atoms with van der Waals surface area (Å²) in [4.78, 5) is 29.6. The van der Waals surface area contributed by atoms with Crippen LogP contribution >= 0.6 is 0 Å². The minimum absolute atomic E-state index is 0.137. The number of carbonyl (C=O) groups is 2. The number of fused-ring (bicyclic) bond motifs is 1. The van der Waals surface area contributed by atoms with Gasteiger partial charge in [-0.05, 0) is 43.2 Å². The molecule has 0 saturated heterocycles. The van der Waals surface area contributed by atoms with E-state index in [9.17, 15) is 9.59 Å². The number of imide groups is 1. The van der Waals surface area contributed by atoms with E-state index in [1.165, 1.54) is 11.1 Å². The van der Waals surface area contributed by atoms with Gasteiger partial charge < -0.3 is 5.32 Å². The van der Waals surface area contributed by atoms with E-state index in [1.54, 1.807) is 12.1 Å². The van der Waals surface area contributed by atoms with Gasteiger partial charge in [0.25, 0.3) is 11.8 Å². The highest BCUT2D eigenvalue weighted by molar-refractivity contribution is 6.20. The highest BCUT2D eigenvalue weighted by Crippen LogP contribution is 2.21. The maximum absolute atomic E-state index is 12.2. The van der Waals surface area contributed by atoms with E-state index in [2.05, 4.69) is 10.3 Å². The van der Waals surface area contributed by atoms with Crippen LogP contribution in [0.5, 0.6) is 0 Å². The summed E-state index contributed by atoms with van der Waals surface area (Å²) >= 11 is 0. The van der Waals surface area contributed by atoms with Crippen LogP contribution in [0.1, 0.15) is 32.0 Å². The van der Waals surface area contributed by atoms with Crippen molar-refractivity contribution >= 4 is 17.5 Å². The third-order valence-electron chi connectivity index (χ3n) is 3.55. The fourth-order valence-electron chi connectivity index (χ4n) is 2.35. The van der Waals surface area contributed by atoms with Crippen LogP contribution in [0.15, 0.2) is 36.5 Å². The van der Waals surface area contributed by atoms with Crippen molar-refractivity contribution < 1.29 is 9.59 Å². The van der Waals surface area contributed by atoms with Crippen molar-refractivity contribution in [2.75, 3.05) is 12.0 Å². The molecule has 0 aliphatic carbocycles. The molecule has 0 radical (unpaired) electrons. The first-order chi connectivity index (χ1) is 10.1. The number of nitrogens with one attached hydrogen (secondary N) is 1. The van der Waals surface area contributed by atoms with Crippen LogP contribution in [0.3, 0.4) is 0 Å². The number of nitrogens with zero attached hydrogens (tertiary/aromatic N) is 2. The Bertz CT molecular complexity index is 705. The van der Waals surface area contributed by atoms with Crippen molar-refractivity contribution in [3.8, 4) is 0 Å². The molecule has 0 saturated carbocycles. The van der Waals surface area contributed by atoms with E-state index in [0.29, 0.717) is 5.56 Å². The van der Waals surface area contributed by atoms with Crippen molar-refractivity contribution in [2.24, 2.45) is 0 Å². The zero-order chi connectivity index (χ0) is 15.0. The summed E-state index contributed by atoms with van der Waals surface area (Å²) in [5, 5.41) is 3.15. The summed E-state index contributed by atoms with van der Waals surface area (Å²) in [5.41, 5.74) is 3.69. The van der Waals surface area contributed by atoms with Crippen LogP contribution in [0.25, 0.3) is 0 Å². The summed E-state index contributed by atoms with van der Waals surface area (Å²) in [7, 11) is 0. The van der Waals surface area contributed by atoms with Crippen LogP contribution in [0, 0.1) is 13.8 Å². The standard InChI is InChI=1S/C16H15N3O2/c1-10-5-6-11(2)13(8-10)18-9-19-15(20)12-4-3-7-17-14(12)16(19)21/h3-8,18H,9H2,1-2H3. The number of aromatic nitrogens is 1. The molecule has 1 aliphatic rings. The van der Waals surface area contributed by atoms with Gasteiger partial charge in [-0.1, -0.05) is 12.1 Å². The Kier molecular flexibility index (Phi) is 3.17. The topological polar surface area (TPSA) is 62.3 Å². The monoisotopic (exact) mass is 281 g/mol. The molecule has 1 N–H and O–H groups in total. The molecule has 0 fully saturated rings. The molecule has 5 heteroatoms. The number of carbonyl (C=O) groups excluding carboxylic acids is 2. The zero-order valence-corrected chi connectivity index (χ0v) is 11.9. The molecule has 106 valence electrons. The van der Waals surface area contributed by atoms with E-state index in [-0.39, 0.29) is 24.2 Å². The maximum atomic E-state index is 12.2. The largest absolute Gasteiger partial charge is 0.367 e. The van der Waals surface area contributed by atoms with Crippen molar-refractivity contribution in [1.82, 2.24) is 9.88 Å². The normalized spacial score (nSPS) is 13.5. The summed E-state index contributed by atoms with van der Waals surface area (Å²) < 4.78 is 0. The second kappa shape index (κ2) is 5.01. The number of hydrogen-bond acceptors (Lipinski definition) is 4. The van der Waals surface area contributed by atoms with Crippen molar-refractivity contribution in [1.29, 1.82) is 0 Å². The van der Waals surface area contributed by atoms with Crippen LogP contribution in [-0.2, 0) is 0 Å². The van der Waals surface area contributed by atoms with Crippen LogP contribution in [-0.4, -0.2) is 28.4 Å². The average molecular weight is 281 g/mol. The molecule has 0 spiro atoms. The van der Waals surface area contributed by atoms with Gasteiger partial charge >= 0.3 is 0 Å². The number of amides is 2. The highest BCUT2D eigenvalue weighted by Gasteiger charge is 2.36. The fraction of sp³-hybridized carbons (Fsp3) is 0.188. The fourth-order valence-corrected chi connectivity index (χ4v) is 2.35. The molecule has 0 bridgehead atoms.